The number of benzene rings is 1. The van der Waals surface area contributed by atoms with Gasteiger partial charge in [-0.1, -0.05) is 41.1 Å². The molecule has 0 aliphatic heterocycles. The van der Waals surface area contributed by atoms with Gasteiger partial charge in [0.25, 0.3) is 0 Å². The molecule has 17 heavy (non-hydrogen) atoms. The molecule has 0 N–H and O–H groups in total. The molecule has 1 aromatic rings. The van der Waals surface area contributed by atoms with Gasteiger partial charge >= 0.3 is 0 Å². The third-order valence-electron chi connectivity index (χ3n) is 2.79. The maximum absolute atomic E-state index is 6.06. The number of rotatable bonds is 8. The molecule has 0 bridgehead atoms. The van der Waals surface area contributed by atoms with E-state index in [4.69, 9.17) is 11.6 Å². The van der Waals surface area contributed by atoms with Crippen LogP contribution < -0.4 is 0 Å². The molecule has 0 saturated heterocycles. The first-order valence-corrected chi connectivity index (χ1v) is 8.63. The molecular weight excluding hydrogens is 316 g/mol. The molecule has 0 nitrogen and oxygen atoms in total. The second-order valence-electron chi connectivity index (χ2n) is 4.16. The van der Waals surface area contributed by atoms with Crippen LogP contribution in [0, 0.1) is 5.92 Å². The summed E-state index contributed by atoms with van der Waals surface area (Å²) < 4.78 is 1.21. The van der Waals surface area contributed by atoms with Gasteiger partial charge in [-0.3, -0.25) is 0 Å². The zero-order valence-corrected chi connectivity index (χ0v) is 13.5. The van der Waals surface area contributed by atoms with Gasteiger partial charge in [0.05, 0.1) is 0 Å². The molecule has 0 aliphatic carbocycles. The summed E-state index contributed by atoms with van der Waals surface area (Å²) in [6.45, 7) is 2.21. The average molecular weight is 336 g/mol. The maximum atomic E-state index is 6.06. The molecule has 1 atom stereocenters. The lowest BCUT2D eigenvalue weighted by molar-refractivity contribution is 0.530. The molecular formula is C14H20BrClS. The Bertz CT molecular complexity index is 317. The van der Waals surface area contributed by atoms with Crippen molar-refractivity contribution in [2.75, 3.05) is 17.4 Å². The Labute approximate surface area is 123 Å². The molecule has 0 fully saturated rings. The summed E-state index contributed by atoms with van der Waals surface area (Å²) in [5.41, 5.74) is 1.38. The zero-order valence-electron chi connectivity index (χ0n) is 10.3. The van der Waals surface area contributed by atoms with Gasteiger partial charge in [-0.25, -0.2) is 0 Å². The predicted octanol–water partition coefficient (Wildman–Crippen LogP) is 5.38. The van der Waals surface area contributed by atoms with Gasteiger partial charge in [-0.05, 0) is 48.3 Å². The van der Waals surface area contributed by atoms with Crippen molar-refractivity contribution in [1.82, 2.24) is 0 Å². The lowest BCUT2D eigenvalue weighted by atomic mass is 9.97. The van der Waals surface area contributed by atoms with Crippen LogP contribution in [0.15, 0.2) is 28.7 Å². The van der Waals surface area contributed by atoms with E-state index >= 15 is 0 Å². The van der Waals surface area contributed by atoms with E-state index < -0.39 is 0 Å². The van der Waals surface area contributed by atoms with Crippen molar-refractivity contribution in [3.05, 3.63) is 34.3 Å². The van der Waals surface area contributed by atoms with E-state index in [0.717, 1.165) is 12.3 Å². The first-order chi connectivity index (χ1) is 8.27. The quantitative estimate of drug-likeness (QED) is 0.454. The van der Waals surface area contributed by atoms with Gasteiger partial charge in [0, 0.05) is 10.4 Å². The predicted molar refractivity (Wildman–Crippen MR) is 84.3 cm³/mol. The Morgan fingerprint density at radius 1 is 1.35 bits per heavy atom. The van der Waals surface area contributed by atoms with E-state index in [-0.39, 0.29) is 0 Å². The number of hydrogen-bond donors (Lipinski definition) is 0. The molecule has 0 heterocycles. The fourth-order valence-corrected chi connectivity index (χ4v) is 3.20. The number of hydrogen-bond acceptors (Lipinski definition) is 1. The summed E-state index contributed by atoms with van der Waals surface area (Å²) in [5.74, 6) is 3.85. The summed E-state index contributed by atoms with van der Waals surface area (Å²) in [6.07, 6.45) is 3.60. The van der Waals surface area contributed by atoms with Crippen molar-refractivity contribution < 1.29 is 0 Å². The lowest BCUT2D eigenvalue weighted by Gasteiger charge is -2.14. The highest BCUT2D eigenvalue weighted by Gasteiger charge is 2.10. The second kappa shape index (κ2) is 9.29. The van der Waals surface area contributed by atoms with Crippen molar-refractivity contribution in [3.8, 4) is 0 Å². The average Bonchev–Trinajstić information content (AvgIpc) is 2.35. The van der Waals surface area contributed by atoms with Crippen LogP contribution in [0.5, 0.6) is 0 Å². The molecule has 1 rings (SSSR count). The third kappa shape index (κ3) is 6.17. The highest BCUT2D eigenvalue weighted by Crippen LogP contribution is 2.23. The van der Waals surface area contributed by atoms with Gasteiger partial charge < -0.3 is 0 Å². The van der Waals surface area contributed by atoms with Crippen LogP contribution in [-0.4, -0.2) is 17.4 Å². The van der Waals surface area contributed by atoms with Crippen LogP contribution in [0.1, 0.15) is 25.3 Å². The van der Waals surface area contributed by atoms with Crippen molar-refractivity contribution in [2.45, 2.75) is 26.2 Å². The van der Waals surface area contributed by atoms with E-state index in [1.54, 1.807) is 0 Å². The van der Waals surface area contributed by atoms with E-state index in [1.165, 1.54) is 34.4 Å². The summed E-state index contributed by atoms with van der Waals surface area (Å²) in [7, 11) is 0. The molecule has 3 heteroatoms. The maximum Gasteiger partial charge on any atom is 0.0254 e. The Kier molecular flexibility index (Phi) is 8.42. The van der Waals surface area contributed by atoms with Crippen LogP contribution in [0.2, 0.25) is 0 Å². The summed E-state index contributed by atoms with van der Waals surface area (Å²) in [4.78, 5) is 0. The van der Waals surface area contributed by atoms with Gasteiger partial charge in [0.2, 0.25) is 0 Å². The van der Waals surface area contributed by atoms with Crippen molar-refractivity contribution in [3.63, 3.8) is 0 Å². The Hall–Kier alpha value is 0.340. The number of thioether (sulfide) groups is 1. The molecule has 0 aliphatic rings. The smallest absolute Gasteiger partial charge is 0.0254 e. The van der Waals surface area contributed by atoms with Crippen molar-refractivity contribution in [1.29, 1.82) is 0 Å². The van der Waals surface area contributed by atoms with E-state index in [9.17, 15) is 0 Å². The fourth-order valence-electron chi connectivity index (χ4n) is 1.83. The molecule has 0 radical (unpaired) electrons. The Morgan fingerprint density at radius 2 is 2.12 bits per heavy atom. The van der Waals surface area contributed by atoms with E-state index in [2.05, 4.69) is 47.1 Å². The first kappa shape index (κ1) is 15.4. The standard InChI is InChI=1S/C14H20BrClS/c1-2-17-9-5-6-12(11-16)10-13-7-3-4-8-14(13)15/h3-4,7-8,12H,2,5-6,9-11H2,1H3. The minimum absolute atomic E-state index is 0.604. The van der Waals surface area contributed by atoms with E-state index in [0.29, 0.717) is 5.92 Å². The summed E-state index contributed by atoms with van der Waals surface area (Å²) in [6, 6.07) is 8.44. The minimum Gasteiger partial charge on any atom is -0.162 e. The summed E-state index contributed by atoms with van der Waals surface area (Å²) >= 11 is 11.7. The van der Waals surface area contributed by atoms with Crippen LogP contribution >= 0.6 is 39.3 Å². The number of halogens is 2. The zero-order chi connectivity index (χ0) is 12.5. The molecule has 0 spiro atoms. The second-order valence-corrected chi connectivity index (χ2v) is 6.71. The van der Waals surface area contributed by atoms with Crippen molar-refractivity contribution in [2.24, 2.45) is 5.92 Å². The topological polar surface area (TPSA) is 0 Å². The molecule has 96 valence electrons. The van der Waals surface area contributed by atoms with Crippen molar-refractivity contribution >= 4 is 39.3 Å². The van der Waals surface area contributed by atoms with E-state index in [1.807, 2.05) is 11.8 Å². The van der Waals surface area contributed by atoms with Gasteiger partial charge in [-0.2, -0.15) is 11.8 Å². The van der Waals surface area contributed by atoms with Crippen LogP contribution in [0.4, 0.5) is 0 Å². The fraction of sp³-hybridized carbons (Fsp3) is 0.571. The monoisotopic (exact) mass is 334 g/mol. The normalized spacial score (nSPS) is 12.6. The Morgan fingerprint density at radius 3 is 2.76 bits per heavy atom. The molecule has 0 amide bonds. The largest absolute Gasteiger partial charge is 0.162 e. The molecule has 0 aromatic heterocycles. The van der Waals surface area contributed by atoms with Crippen LogP contribution in [0.3, 0.4) is 0 Å². The molecule has 1 aromatic carbocycles. The lowest BCUT2D eigenvalue weighted by Crippen LogP contribution is -2.07. The Balaban J connectivity index is 2.38. The van der Waals surface area contributed by atoms with Gasteiger partial charge in [0.15, 0.2) is 0 Å². The third-order valence-corrected chi connectivity index (χ3v) is 4.99. The van der Waals surface area contributed by atoms with Gasteiger partial charge in [-0.15, -0.1) is 11.6 Å². The van der Waals surface area contributed by atoms with Crippen LogP contribution in [-0.2, 0) is 6.42 Å². The SMILES string of the molecule is CCSCCCC(CCl)Cc1ccccc1Br. The van der Waals surface area contributed by atoms with Crippen LogP contribution in [0.25, 0.3) is 0 Å². The minimum atomic E-state index is 0.604. The first-order valence-electron chi connectivity index (χ1n) is 6.15. The number of alkyl halides is 1. The van der Waals surface area contributed by atoms with Gasteiger partial charge in [0.1, 0.15) is 0 Å². The molecule has 0 saturated carbocycles. The highest BCUT2D eigenvalue weighted by molar-refractivity contribution is 9.10. The highest BCUT2D eigenvalue weighted by atomic mass is 79.9. The molecule has 1 unspecified atom stereocenters. The summed E-state index contributed by atoms with van der Waals surface area (Å²) in [5, 5.41) is 0.